The molecule has 37 heavy (non-hydrogen) atoms. The summed E-state index contributed by atoms with van der Waals surface area (Å²) < 4.78 is 26.9. The Balaban J connectivity index is 1.97. The molecule has 12 heteroatoms. The van der Waals surface area contributed by atoms with Crippen molar-refractivity contribution in [3.8, 4) is 0 Å². The Labute approximate surface area is 224 Å². The van der Waals surface area contributed by atoms with E-state index in [-0.39, 0.29) is 18.1 Å². The minimum atomic E-state index is -1.35. The highest BCUT2D eigenvalue weighted by atomic mass is 35.5. The van der Waals surface area contributed by atoms with Crippen LogP contribution in [0.4, 0.5) is 19.7 Å². The fourth-order valence-corrected chi connectivity index (χ4v) is 4.29. The number of nitrogens with zero attached hydrogens (tertiary/aromatic N) is 4. The first-order valence-corrected chi connectivity index (χ1v) is 13.1. The van der Waals surface area contributed by atoms with Crippen LogP contribution in [0.1, 0.15) is 59.0 Å². The third-order valence-corrected chi connectivity index (χ3v) is 5.92. The van der Waals surface area contributed by atoms with E-state index in [1.807, 2.05) is 5.38 Å². The zero-order chi connectivity index (χ0) is 27.5. The molecule has 2 amide bonds. The van der Waals surface area contributed by atoms with Crippen molar-refractivity contribution in [3.05, 3.63) is 45.6 Å². The summed E-state index contributed by atoms with van der Waals surface area (Å²) in [5, 5.41) is 9.60. The van der Waals surface area contributed by atoms with Gasteiger partial charge in [0.2, 0.25) is 0 Å². The lowest BCUT2D eigenvalue weighted by atomic mass is 10.1. The summed E-state index contributed by atoms with van der Waals surface area (Å²) in [6, 6.07) is 2.51. The third-order valence-electron chi connectivity index (χ3n) is 4.97. The average Bonchev–Trinajstić information content (AvgIpc) is 3.37. The molecule has 3 rings (SSSR count). The number of nitrogens with one attached hydrogen (secondary N) is 1. The van der Waals surface area contributed by atoms with Crippen LogP contribution in [-0.4, -0.2) is 50.2 Å². The van der Waals surface area contributed by atoms with Crippen LogP contribution in [0.2, 0.25) is 5.15 Å². The van der Waals surface area contributed by atoms with Crippen LogP contribution in [0.5, 0.6) is 0 Å². The van der Waals surface area contributed by atoms with Gasteiger partial charge in [0.05, 0.1) is 23.8 Å². The van der Waals surface area contributed by atoms with Gasteiger partial charge in [-0.1, -0.05) is 11.6 Å². The molecular weight excluding hydrogens is 521 g/mol. The van der Waals surface area contributed by atoms with Gasteiger partial charge in [-0.2, -0.15) is 5.10 Å². The highest BCUT2D eigenvalue weighted by Gasteiger charge is 2.28. The van der Waals surface area contributed by atoms with Crippen LogP contribution in [0.25, 0.3) is 5.52 Å². The van der Waals surface area contributed by atoms with Gasteiger partial charge in [0, 0.05) is 23.8 Å². The molecule has 0 unspecified atom stereocenters. The van der Waals surface area contributed by atoms with Crippen molar-refractivity contribution < 1.29 is 23.5 Å². The predicted molar refractivity (Wildman–Crippen MR) is 142 cm³/mol. The summed E-state index contributed by atoms with van der Waals surface area (Å²) in [6.45, 7) is 12.1. The maximum atomic E-state index is 14.5. The zero-order valence-corrected chi connectivity index (χ0v) is 23.6. The lowest BCUT2D eigenvalue weighted by molar-refractivity contribution is 0.0476. The van der Waals surface area contributed by atoms with E-state index < -0.39 is 35.6 Å². The number of hydrogen-bond acceptors (Lipinski definition) is 7. The first-order chi connectivity index (χ1) is 17.1. The third kappa shape index (κ3) is 8.29. The SMILES string of the molecule is C[C@H](F)[C@@H](Cc1cc2c(N(Cc3nccs3)C(=O)OC(C)(C)C)cc(Cl)nn2c1)NC(=O)OC(C)(C)C. The second-order valence-electron chi connectivity index (χ2n) is 10.7. The van der Waals surface area contributed by atoms with E-state index in [9.17, 15) is 14.0 Å². The fourth-order valence-electron chi connectivity index (χ4n) is 3.50. The molecule has 9 nitrogen and oxygen atoms in total. The number of alkyl halides is 1. The molecule has 3 aromatic heterocycles. The van der Waals surface area contributed by atoms with Gasteiger partial charge in [0.15, 0.2) is 5.15 Å². The summed E-state index contributed by atoms with van der Waals surface area (Å²) in [5.74, 6) is 0. The maximum absolute atomic E-state index is 14.5. The Kier molecular flexibility index (Phi) is 8.69. The van der Waals surface area contributed by atoms with E-state index in [1.165, 1.54) is 27.7 Å². The van der Waals surface area contributed by atoms with Crippen LogP contribution in [-0.2, 0) is 22.4 Å². The summed E-state index contributed by atoms with van der Waals surface area (Å²) in [7, 11) is 0. The fraction of sp³-hybridized carbons (Fsp3) is 0.520. The minimum Gasteiger partial charge on any atom is -0.444 e. The van der Waals surface area contributed by atoms with Gasteiger partial charge in [-0.3, -0.25) is 4.90 Å². The van der Waals surface area contributed by atoms with Crippen LogP contribution < -0.4 is 10.2 Å². The Bertz CT molecular complexity index is 1230. The number of anilines is 1. The Morgan fingerprint density at radius 3 is 2.43 bits per heavy atom. The van der Waals surface area contributed by atoms with Crippen molar-refractivity contribution in [1.82, 2.24) is 19.9 Å². The number of hydrogen-bond donors (Lipinski definition) is 1. The molecule has 0 aliphatic heterocycles. The van der Waals surface area contributed by atoms with Crippen LogP contribution in [0, 0.1) is 0 Å². The highest BCUT2D eigenvalue weighted by molar-refractivity contribution is 7.09. The summed E-state index contributed by atoms with van der Waals surface area (Å²) in [6.07, 6.45) is 0.885. The van der Waals surface area contributed by atoms with Gasteiger partial charge in [0.25, 0.3) is 0 Å². The number of amides is 2. The molecule has 0 saturated carbocycles. The van der Waals surface area contributed by atoms with Crippen LogP contribution in [0.3, 0.4) is 0 Å². The Hall–Kier alpha value is -2.92. The maximum Gasteiger partial charge on any atom is 0.415 e. The molecule has 0 aromatic carbocycles. The first kappa shape index (κ1) is 28.6. The molecule has 0 aliphatic carbocycles. The average molecular weight is 554 g/mol. The van der Waals surface area contributed by atoms with E-state index in [2.05, 4.69) is 15.4 Å². The summed E-state index contributed by atoms with van der Waals surface area (Å²) in [5.41, 5.74) is 0.262. The van der Waals surface area contributed by atoms with E-state index in [1.54, 1.807) is 66.1 Å². The molecule has 0 radical (unpaired) electrons. The van der Waals surface area contributed by atoms with Gasteiger partial charge in [0.1, 0.15) is 22.4 Å². The number of carbonyl (C=O) groups excluding carboxylic acids is 2. The Morgan fingerprint density at radius 2 is 1.86 bits per heavy atom. The largest absolute Gasteiger partial charge is 0.444 e. The molecule has 0 aliphatic rings. The lowest BCUT2D eigenvalue weighted by Gasteiger charge is -2.27. The molecule has 202 valence electrons. The number of carbonyl (C=O) groups is 2. The topological polar surface area (TPSA) is 98.1 Å². The zero-order valence-electron chi connectivity index (χ0n) is 22.0. The number of aromatic nitrogens is 3. The van der Waals surface area contributed by atoms with Crippen LogP contribution in [0.15, 0.2) is 29.9 Å². The van der Waals surface area contributed by atoms with E-state index in [0.29, 0.717) is 21.8 Å². The number of ether oxygens (including phenoxy) is 2. The quantitative estimate of drug-likeness (QED) is 0.375. The van der Waals surface area contributed by atoms with Crippen molar-refractivity contribution in [2.75, 3.05) is 4.90 Å². The molecule has 0 saturated heterocycles. The minimum absolute atomic E-state index is 0.152. The van der Waals surface area contributed by atoms with E-state index >= 15 is 0 Å². The van der Waals surface area contributed by atoms with Crippen molar-refractivity contribution >= 4 is 46.3 Å². The first-order valence-electron chi connectivity index (χ1n) is 11.8. The molecule has 3 aromatic rings. The van der Waals surface area contributed by atoms with Gasteiger partial charge in [-0.15, -0.1) is 11.3 Å². The standard InChI is InChI=1S/C25H33ClFN5O4S/c1-15(27)17(29-22(33)35-24(2,3)4)10-16-11-19-18(12-20(26)30-32(19)13-16)31(14-21-28-8-9-37-21)23(34)36-25(5,6)7/h8-9,11-13,15,17H,10,14H2,1-7H3,(H,29,33)/t15-,17+/m0/s1. The van der Waals surface area contributed by atoms with Crippen LogP contribution >= 0.6 is 22.9 Å². The molecule has 1 N–H and O–H groups in total. The smallest absolute Gasteiger partial charge is 0.415 e. The molecule has 0 bridgehead atoms. The number of thiazole rings is 1. The summed E-state index contributed by atoms with van der Waals surface area (Å²) >= 11 is 7.73. The van der Waals surface area contributed by atoms with Crippen molar-refractivity contribution in [2.45, 2.75) is 84.8 Å². The number of fused-ring (bicyclic) bond motifs is 1. The molecule has 3 heterocycles. The van der Waals surface area contributed by atoms with E-state index in [4.69, 9.17) is 21.1 Å². The number of alkyl carbamates (subject to hydrolysis) is 1. The predicted octanol–water partition coefficient (Wildman–Crippen LogP) is 6.18. The Morgan fingerprint density at radius 1 is 1.19 bits per heavy atom. The van der Waals surface area contributed by atoms with Crippen molar-refractivity contribution in [1.29, 1.82) is 0 Å². The van der Waals surface area contributed by atoms with Gasteiger partial charge >= 0.3 is 12.2 Å². The number of halogens is 2. The second-order valence-corrected chi connectivity index (χ2v) is 12.0. The molecule has 0 spiro atoms. The van der Waals surface area contributed by atoms with Gasteiger partial charge < -0.3 is 14.8 Å². The highest BCUT2D eigenvalue weighted by Crippen LogP contribution is 2.30. The second kappa shape index (κ2) is 11.2. The van der Waals surface area contributed by atoms with Crippen molar-refractivity contribution in [2.24, 2.45) is 0 Å². The molecular formula is C25H33ClFN5O4S. The van der Waals surface area contributed by atoms with Crippen molar-refractivity contribution in [3.63, 3.8) is 0 Å². The molecule has 0 fully saturated rings. The van der Waals surface area contributed by atoms with E-state index in [0.717, 1.165) is 0 Å². The van der Waals surface area contributed by atoms with Gasteiger partial charge in [-0.05, 0) is 66.5 Å². The van der Waals surface area contributed by atoms with Gasteiger partial charge in [-0.25, -0.2) is 23.5 Å². The monoisotopic (exact) mass is 553 g/mol. The lowest BCUT2D eigenvalue weighted by Crippen LogP contribution is -2.44. The number of rotatable bonds is 7. The normalized spacial score (nSPS) is 13.8. The molecule has 2 atom stereocenters. The summed E-state index contributed by atoms with van der Waals surface area (Å²) in [4.78, 5) is 31.3.